The molecule has 1 N–H and O–H groups in total. The maximum Gasteiger partial charge on any atom is 0.224 e. The summed E-state index contributed by atoms with van der Waals surface area (Å²) in [6.45, 7) is 2.99. The zero-order valence-corrected chi connectivity index (χ0v) is 14.2. The van der Waals surface area contributed by atoms with Gasteiger partial charge in [-0.05, 0) is 30.7 Å². The first kappa shape index (κ1) is 17.9. The molecule has 2 aromatic carbocycles. The van der Waals surface area contributed by atoms with Crippen LogP contribution in [0.4, 0.5) is 5.69 Å². The molecule has 0 atom stereocenters. The van der Waals surface area contributed by atoms with Gasteiger partial charge in [0.2, 0.25) is 5.91 Å². The number of carbonyl (C=O) groups excluding carboxylic acids is 1. The Bertz CT molecular complexity index is 613. The molecule has 0 bridgehead atoms. The first-order chi connectivity index (χ1) is 11.8. The van der Waals surface area contributed by atoms with Crippen LogP contribution in [0.2, 0.25) is 0 Å². The summed E-state index contributed by atoms with van der Waals surface area (Å²) < 4.78 is 11.3. The van der Waals surface area contributed by atoms with Gasteiger partial charge >= 0.3 is 0 Å². The van der Waals surface area contributed by atoms with Crippen molar-refractivity contribution in [2.24, 2.45) is 0 Å². The van der Waals surface area contributed by atoms with E-state index in [1.54, 1.807) is 0 Å². The van der Waals surface area contributed by atoms with Gasteiger partial charge in [-0.1, -0.05) is 50.1 Å². The number of benzene rings is 2. The quantitative estimate of drug-likeness (QED) is 0.645. The van der Waals surface area contributed by atoms with Crippen LogP contribution in [0.15, 0.2) is 54.6 Å². The predicted molar refractivity (Wildman–Crippen MR) is 96.6 cm³/mol. The summed E-state index contributed by atoms with van der Waals surface area (Å²) in [4.78, 5) is 12.0. The van der Waals surface area contributed by atoms with Crippen LogP contribution in [-0.4, -0.2) is 19.1 Å². The Balaban J connectivity index is 1.79. The molecular weight excluding hydrogens is 302 g/mol. The lowest BCUT2D eigenvalue weighted by Gasteiger charge is -2.13. The third kappa shape index (κ3) is 6.32. The smallest absolute Gasteiger partial charge is 0.224 e. The number of hydrogen-bond donors (Lipinski definition) is 1. The lowest BCUT2D eigenvalue weighted by molar-refractivity contribution is -0.116. The first-order valence-corrected chi connectivity index (χ1v) is 8.49. The second kappa shape index (κ2) is 10.3. The first-order valence-electron chi connectivity index (χ1n) is 8.49. The minimum Gasteiger partial charge on any atom is -0.490 e. The van der Waals surface area contributed by atoms with E-state index >= 15 is 0 Å². The standard InChI is InChI=1S/C20H25NO3/c1-2-3-5-14-20(22)21-18-12-8-9-13-19(18)24-16-15-23-17-10-6-4-7-11-17/h4,6-13H,2-3,5,14-16H2,1H3,(H,21,22). The average molecular weight is 327 g/mol. The van der Waals surface area contributed by atoms with Crippen molar-refractivity contribution in [3.05, 3.63) is 54.6 Å². The summed E-state index contributed by atoms with van der Waals surface area (Å²) in [5.74, 6) is 1.51. The Morgan fingerprint density at radius 1 is 0.917 bits per heavy atom. The van der Waals surface area contributed by atoms with E-state index in [1.165, 1.54) is 0 Å². The summed E-state index contributed by atoms with van der Waals surface area (Å²) in [5.41, 5.74) is 0.707. The molecule has 128 valence electrons. The Kier molecular flexibility index (Phi) is 7.68. The normalized spacial score (nSPS) is 10.2. The molecule has 0 heterocycles. The molecule has 0 aliphatic carbocycles. The maximum atomic E-state index is 12.0. The van der Waals surface area contributed by atoms with E-state index in [2.05, 4.69) is 12.2 Å². The third-order valence-corrected chi connectivity index (χ3v) is 3.52. The summed E-state index contributed by atoms with van der Waals surface area (Å²) in [6, 6.07) is 17.1. The highest BCUT2D eigenvalue weighted by molar-refractivity contribution is 5.92. The van der Waals surface area contributed by atoms with Crippen molar-refractivity contribution in [3.8, 4) is 11.5 Å². The Labute approximate surface area is 143 Å². The molecule has 1 amide bonds. The van der Waals surface area contributed by atoms with Crippen LogP contribution in [0.3, 0.4) is 0 Å². The predicted octanol–water partition coefficient (Wildman–Crippen LogP) is 4.66. The number of unbranched alkanes of at least 4 members (excludes halogenated alkanes) is 2. The van der Waals surface area contributed by atoms with Crippen molar-refractivity contribution < 1.29 is 14.3 Å². The zero-order chi connectivity index (χ0) is 17.0. The topological polar surface area (TPSA) is 47.6 Å². The Hall–Kier alpha value is -2.49. The number of nitrogens with one attached hydrogen (secondary N) is 1. The minimum atomic E-state index is 0.0278. The molecule has 0 fully saturated rings. The number of carbonyl (C=O) groups is 1. The van der Waals surface area contributed by atoms with Crippen molar-refractivity contribution >= 4 is 11.6 Å². The summed E-state index contributed by atoms with van der Waals surface area (Å²) in [6.07, 6.45) is 3.63. The van der Waals surface area contributed by atoms with Crippen LogP contribution in [0.5, 0.6) is 11.5 Å². The van der Waals surface area contributed by atoms with Gasteiger partial charge in [-0.15, -0.1) is 0 Å². The highest BCUT2D eigenvalue weighted by Crippen LogP contribution is 2.24. The molecular formula is C20H25NO3. The van der Waals surface area contributed by atoms with E-state index in [0.717, 1.165) is 25.0 Å². The van der Waals surface area contributed by atoms with E-state index in [1.807, 2.05) is 54.6 Å². The fourth-order valence-corrected chi connectivity index (χ4v) is 2.27. The van der Waals surface area contributed by atoms with Crippen molar-refractivity contribution in [3.63, 3.8) is 0 Å². The number of para-hydroxylation sites is 3. The van der Waals surface area contributed by atoms with Crippen molar-refractivity contribution in [1.29, 1.82) is 0 Å². The fraction of sp³-hybridized carbons (Fsp3) is 0.350. The average Bonchev–Trinajstić information content (AvgIpc) is 2.61. The van der Waals surface area contributed by atoms with E-state index in [0.29, 0.717) is 31.1 Å². The van der Waals surface area contributed by atoms with Crippen molar-refractivity contribution in [1.82, 2.24) is 0 Å². The number of rotatable bonds is 10. The zero-order valence-electron chi connectivity index (χ0n) is 14.2. The maximum absolute atomic E-state index is 12.0. The second-order valence-corrected chi connectivity index (χ2v) is 5.51. The lowest BCUT2D eigenvalue weighted by atomic mass is 10.2. The van der Waals surface area contributed by atoms with E-state index < -0.39 is 0 Å². The van der Waals surface area contributed by atoms with Gasteiger partial charge in [-0.2, -0.15) is 0 Å². The molecule has 0 saturated carbocycles. The number of amides is 1. The second-order valence-electron chi connectivity index (χ2n) is 5.51. The molecule has 2 aromatic rings. The largest absolute Gasteiger partial charge is 0.490 e. The van der Waals surface area contributed by atoms with Gasteiger partial charge in [0, 0.05) is 6.42 Å². The van der Waals surface area contributed by atoms with Crippen LogP contribution in [-0.2, 0) is 4.79 Å². The molecule has 0 aromatic heterocycles. The van der Waals surface area contributed by atoms with Gasteiger partial charge in [0.25, 0.3) is 0 Å². The van der Waals surface area contributed by atoms with Gasteiger partial charge in [0.15, 0.2) is 0 Å². The SMILES string of the molecule is CCCCCC(=O)Nc1ccccc1OCCOc1ccccc1. The van der Waals surface area contributed by atoms with Crippen LogP contribution in [0.25, 0.3) is 0 Å². The van der Waals surface area contributed by atoms with Crippen molar-refractivity contribution in [2.75, 3.05) is 18.5 Å². The van der Waals surface area contributed by atoms with Crippen molar-refractivity contribution in [2.45, 2.75) is 32.6 Å². The van der Waals surface area contributed by atoms with Crippen LogP contribution in [0.1, 0.15) is 32.6 Å². The lowest BCUT2D eigenvalue weighted by Crippen LogP contribution is -2.14. The van der Waals surface area contributed by atoms with Gasteiger partial charge in [-0.3, -0.25) is 4.79 Å². The summed E-state index contributed by atoms with van der Waals surface area (Å²) in [7, 11) is 0. The molecule has 2 rings (SSSR count). The molecule has 24 heavy (non-hydrogen) atoms. The van der Waals surface area contributed by atoms with E-state index in [9.17, 15) is 4.79 Å². The Morgan fingerprint density at radius 2 is 1.62 bits per heavy atom. The molecule has 4 heteroatoms. The molecule has 0 aliphatic rings. The van der Waals surface area contributed by atoms with Gasteiger partial charge < -0.3 is 14.8 Å². The highest BCUT2D eigenvalue weighted by Gasteiger charge is 2.07. The highest BCUT2D eigenvalue weighted by atomic mass is 16.5. The summed E-state index contributed by atoms with van der Waals surface area (Å²) in [5, 5.41) is 2.92. The van der Waals surface area contributed by atoms with Crippen LogP contribution in [0, 0.1) is 0 Å². The van der Waals surface area contributed by atoms with Crippen LogP contribution < -0.4 is 14.8 Å². The number of hydrogen-bond acceptors (Lipinski definition) is 3. The van der Waals surface area contributed by atoms with Gasteiger partial charge in [-0.25, -0.2) is 0 Å². The molecule has 0 radical (unpaired) electrons. The molecule has 0 spiro atoms. The Morgan fingerprint density at radius 3 is 2.42 bits per heavy atom. The molecule has 0 unspecified atom stereocenters. The monoisotopic (exact) mass is 327 g/mol. The molecule has 0 saturated heterocycles. The third-order valence-electron chi connectivity index (χ3n) is 3.52. The van der Waals surface area contributed by atoms with E-state index in [4.69, 9.17) is 9.47 Å². The molecule has 0 aliphatic heterocycles. The fourth-order valence-electron chi connectivity index (χ4n) is 2.27. The number of ether oxygens (including phenoxy) is 2. The van der Waals surface area contributed by atoms with Crippen LogP contribution >= 0.6 is 0 Å². The van der Waals surface area contributed by atoms with Gasteiger partial charge in [0.05, 0.1) is 5.69 Å². The minimum absolute atomic E-state index is 0.0278. The summed E-state index contributed by atoms with van der Waals surface area (Å²) >= 11 is 0. The van der Waals surface area contributed by atoms with E-state index in [-0.39, 0.29) is 5.91 Å². The van der Waals surface area contributed by atoms with Gasteiger partial charge in [0.1, 0.15) is 24.7 Å². The number of anilines is 1. The molecule has 4 nitrogen and oxygen atoms in total.